The molecule has 1 fully saturated rings. The zero-order valence-electron chi connectivity index (χ0n) is 15.2. The molecule has 1 saturated heterocycles. The predicted octanol–water partition coefficient (Wildman–Crippen LogP) is 0.917. The molecule has 2 aromatic heterocycles. The molecule has 2 atom stereocenters. The van der Waals surface area contributed by atoms with E-state index in [2.05, 4.69) is 43.7 Å². The Morgan fingerprint density at radius 1 is 1.38 bits per heavy atom. The Balaban J connectivity index is 1.63. The highest BCUT2D eigenvalue weighted by Gasteiger charge is 2.33. The minimum Gasteiger partial charge on any atom is -0.376 e. The molecule has 132 valence electrons. The molecule has 8 heteroatoms. The maximum Gasteiger partial charge on any atom is 0.204 e. The van der Waals surface area contributed by atoms with Gasteiger partial charge in [-0.05, 0) is 20.4 Å². The van der Waals surface area contributed by atoms with Gasteiger partial charge in [-0.3, -0.25) is 10.00 Å². The first kappa shape index (κ1) is 16.9. The van der Waals surface area contributed by atoms with Crippen molar-refractivity contribution in [3.05, 3.63) is 23.5 Å². The Bertz CT molecular complexity index is 678. The lowest BCUT2D eigenvalue weighted by molar-refractivity contribution is 0.0706. The summed E-state index contributed by atoms with van der Waals surface area (Å²) in [6.45, 7) is 4.38. The summed E-state index contributed by atoms with van der Waals surface area (Å²) >= 11 is 0. The monoisotopic (exact) mass is 333 g/mol. The van der Waals surface area contributed by atoms with Crippen molar-refractivity contribution >= 4 is 5.95 Å². The summed E-state index contributed by atoms with van der Waals surface area (Å²) in [6.07, 6.45) is 3.05. The molecule has 8 nitrogen and oxygen atoms in total. The topological polar surface area (TPSA) is 75.1 Å². The van der Waals surface area contributed by atoms with Gasteiger partial charge in [0, 0.05) is 40.8 Å². The molecular formula is C16H27N7O. The van der Waals surface area contributed by atoms with Gasteiger partial charge < -0.3 is 14.2 Å². The van der Waals surface area contributed by atoms with Crippen LogP contribution < -0.4 is 4.90 Å². The van der Waals surface area contributed by atoms with Gasteiger partial charge in [0.2, 0.25) is 5.95 Å². The first-order valence-corrected chi connectivity index (χ1v) is 8.32. The number of nitrogens with one attached hydrogen (secondary N) is 1. The van der Waals surface area contributed by atoms with Gasteiger partial charge in [0.15, 0.2) is 5.82 Å². The first-order chi connectivity index (χ1) is 11.5. The molecule has 0 saturated carbocycles. The Hall–Kier alpha value is -1.93. The summed E-state index contributed by atoms with van der Waals surface area (Å²) in [5.74, 6) is 2.96. The van der Waals surface area contributed by atoms with Crippen molar-refractivity contribution in [2.45, 2.75) is 31.9 Å². The van der Waals surface area contributed by atoms with Gasteiger partial charge >= 0.3 is 0 Å². The molecule has 0 bridgehead atoms. The summed E-state index contributed by atoms with van der Waals surface area (Å²) in [5.41, 5.74) is 1.18. The average Bonchev–Trinajstić information content (AvgIpc) is 3.21. The van der Waals surface area contributed by atoms with Crippen molar-refractivity contribution < 1.29 is 4.74 Å². The molecule has 2 aromatic rings. The van der Waals surface area contributed by atoms with E-state index in [0.717, 1.165) is 43.7 Å². The molecular weight excluding hydrogens is 306 g/mol. The van der Waals surface area contributed by atoms with Crippen molar-refractivity contribution in [3.63, 3.8) is 0 Å². The minimum absolute atomic E-state index is 0.131. The van der Waals surface area contributed by atoms with Crippen LogP contribution in [-0.2, 0) is 18.3 Å². The Morgan fingerprint density at radius 2 is 2.17 bits per heavy atom. The highest BCUT2D eigenvalue weighted by atomic mass is 16.5. The van der Waals surface area contributed by atoms with Crippen LogP contribution >= 0.6 is 0 Å². The summed E-state index contributed by atoms with van der Waals surface area (Å²) < 4.78 is 8.07. The van der Waals surface area contributed by atoms with E-state index in [-0.39, 0.29) is 12.0 Å². The lowest BCUT2D eigenvalue weighted by Crippen LogP contribution is -2.32. The molecule has 3 heterocycles. The third kappa shape index (κ3) is 3.44. The summed E-state index contributed by atoms with van der Waals surface area (Å²) in [4.78, 5) is 13.3. The summed E-state index contributed by atoms with van der Waals surface area (Å²) in [7, 11) is 8.18. The van der Waals surface area contributed by atoms with Crippen LogP contribution in [0.5, 0.6) is 0 Å². The number of H-pyrrole nitrogens is 1. The molecule has 0 spiro atoms. The first-order valence-electron chi connectivity index (χ1n) is 8.32. The van der Waals surface area contributed by atoms with E-state index in [1.54, 1.807) is 0 Å². The van der Waals surface area contributed by atoms with Crippen molar-refractivity contribution in [1.29, 1.82) is 0 Å². The Morgan fingerprint density at radius 3 is 2.79 bits per heavy atom. The predicted molar refractivity (Wildman–Crippen MR) is 92.1 cm³/mol. The van der Waals surface area contributed by atoms with Crippen LogP contribution in [0.2, 0.25) is 0 Å². The lowest BCUT2D eigenvalue weighted by Gasteiger charge is -2.24. The fourth-order valence-corrected chi connectivity index (χ4v) is 3.29. The minimum atomic E-state index is 0.131. The number of hydrogen-bond donors (Lipinski definition) is 1. The second-order valence-corrected chi connectivity index (χ2v) is 6.78. The van der Waals surface area contributed by atoms with Crippen LogP contribution in [0, 0.1) is 6.92 Å². The van der Waals surface area contributed by atoms with Crippen LogP contribution in [0.25, 0.3) is 0 Å². The molecule has 3 rings (SSSR count). The zero-order valence-corrected chi connectivity index (χ0v) is 15.2. The molecule has 1 aliphatic rings. The summed E-state index contributed by atoms with van der Waals surface area (Å²) in [6, 6.07) is 0. The highest BCUT2D eigenvalue weighted by molar-refractivity contribution is 5.30. The van der Waals surface area contributed by atoms with Crippen molar-refractivity contribution in [2.24, 2.45) is 7.05 Å². The van der Waals surface area contributed by atoms with E-state index in [4.69, 9.17) is 4.74 Å². The highest BCUT2D eigenvalue weighted by Crippen LogP contribution is 2.29. The standard InChI is InChI=1S/C16H27N7O/c1-11-18-15(20-19-11)13-6-7-24-14(13)10-22(4)9-12-8-17-16(21(2)3)23(12)5/h8,13-14H,6-7,9-10H2,1-5H3,(H,18,19,20)/t13-,14-/m1/s1. The van der Waals surface area contributed by atoms with E-state index < -0.39 is 0 Å². The summed E-state index contributed by atoms with van der Waals surface area (Å²) in [5, 5.41) is 7.26. The normalized spacial score (nSPS) is 20.9. The van der Waals surface area contributed by atoms with E-state index in [9.17, 15) is 0 Å². The number of imidazole rings is 1. The number of anilines is 1. The number of rotatable bonds is 6. The Labute approximate surface area is 142 Å². The van der Waals surface area contributed by atoms with Crippen LogP contribution in [0.15, 0.2) is 6.20 Å². The van der Waals surface area contributed by atoms with E-state index >= 15 is 0 Å². The molecule has 0 amide bonds. The maximum atomic E-state index is 5.95. The van der Waals surface area contributed by atoms with Gasteiger partial charge in [-0.25, -0.2) is 9.97 Å². The number of aryl methyl sites for hydroxylation is 1. The molecule has 0 aromatic carbocycles. The number of ether oxygens (including phenoxy) is 1. The van der Waals surface area contributed by atoms with E-state index in [1.807, 2.05) is 32.1 Å². The Kier molecular flexibility index (Phi) is 4.86. The number of hydrogen-bond acceptors (Lipinski definition) is 6. The average molecular weight is 333 g/mol. The molecule has 0 aliphatic carbocycles. The van der Waals surface area contributed by atoms with E-state index in [0.29, 0.717) is 0 Å². The second-order valence-electron chi connectivity index (χ2n) is 6.78. The van der Waals surface area contributed by atoms with Gasteiger partial charge in [-0.15, -0.1) is 0 Å². The fraction of sp³-hybridized carbons (Fsp3) is 0.688. The van der Waals surface area contributed by atoms with Gasteiger partial charge in [0.1, 0.15) is 5.82 Å². The van der Waals surface area contributed by atoms with Gasteiger partial charge in [0.25, 0.3) is 0 Å². The third-order valence-corrected chi connectivity index (χ3v) is 4.54. The quantitative estimate of drug-likeness (QED) is 0.847. The SMILES string of the molecule is Cc1nc([C@@H]2CCO[C@@H]2CN(C)Cc2cnc(N(C)C)n2C)n[nH]1. The lowest BCUT2D eigenvalue weighted by atomic mass is 10.0. The zero-order chi connectivity index (χ0) is 17.3. The largest absolute Gasteiger partial charge is 0.376 e. The number of nitrogens with zero attached hydrogens (tertiary/aromatic N) is 6. The molecule has 0 unspecified atom stereocenters. The van der Waals surface area contributed by atoms with Crippen LogP contribution in [0.3, 0.4) is 0 Å². The smallest absolute Gasteiger partial charge is 0.204 e. The number of aromatic nitrogens is 5. The van der Waals surface area contributed by atoms with Crippen LogP contribution in [0.4, 0.5) is 5.95 Å². The molecule has 1 aliphatic heterocycles. The van der Waals surface area contributed by atoms with Crippen molar-refractivity contribution in [1.82, 2.24) is 29.6 Å². The third-order valence-electron chi connectivity index (χ3n) is 4.54. The van der Waals surface area contributed by atoms with Crippen molar-refractivity contribution in [3.8, 4) is 0 Å². The molecule has 0 radical (unpaired) electrons. The fourth-order valence-electron chi connectivity index (χ4n) is 3.29. The van der Waals surface area contributed by atoms with Gasteiger partial charge in [-0.2, -0.15) is 5.10 Å². The second kappa shape index (κ2) is 6.90. The van der Waals surface area contributed by atoms with Crippen molar-refractivity contribution in [2.75, 3.05) is 39.2 Å². The molecule has 1 N–H and O–H groups in total. The maximum absolute atomic E-state index is 5.95. The number of aromatic amines is 1. The van der Waals surface area contributed by atoms with Crippen LogP contribution in [0.1, 0.15) is 29.7 Å². The van der Waals surface area contributed by atoms with Gasteiger partial charge in [-0.1, -0.05) is 0 Å². The molecule has 24 heavy (non-hydrogen) atoms. The van der Waals surface area contributed by atoms with Crippen LogP contribution in [-0.4, -0.2) is 70.0 Å². The van der Waals surface area contributed by atoms with E-state index in [1.165, 1.54) is 5.69 Å². The number of likely N-dealkylation sites (N-methyl/N-ethyl adjacent to an activating group) is 1. The van der Waals surface area contributed by atoms with Gasteiger partial charge in [0.05, 0.1) is 23.9 Å².